The molecule has 5 heteroatoms. The highest BCUT2D eigenvalue weighted by atomic mass is 16.4. The average molecular weight is 257 g/mol. The number of aliphatic carboxylic acids is 1. The quantitative estimate of drug-likeness (QED) is 0.716. The summed E-state index contributed by atoms with van der Waals surface area (Å²) in [6.07, 6.45) is 2.18. The lowest BCUT2D eigenvalue weighted by Crippen LogP contribution is -2.48. The lowest BCUT2D eigenvalue weighted by Gasteiger charge is -2.37. The number of carbonyl (C=O) groups is 1. The number of likely N-dealkylation sites (N-methyl/N-ethyl adjacent to an activating group) is 1. The van der Waals surface area contributed by atoms with E-state index in [9.17, 15) is 4.79 Å². The molecule has 1 fully saturated rings. The minimum Gasteiger partial charge on any atom is -0.480 e. The van der Waals surface area contributed by atoms with Gasteiger partial charge in [0.1, 0.15) is 0 Å². The molecule has 1 aliphatic heterocycles. The Labute approximate surface area is 110 Å². The van der Waals surface area contributed by atoms with E-state index in [2.05, 4.69) is 21.6 Å². The summed E-state index contributed by atoms with van der Waals surface area (Å²) < 4.78 is 0. The van der Waals surface area contributed by atoms with Crippen molar-refractivity contribution >= 4 is 5.97 Å². The van der Waals surface area contributed by atoms with E-state index in [1.165, 1.54) is 0 Å². The van der Waals surface area contributed by atoms with Gasteiger partial charge in [-0.3, -0.25) is 9.69 Å². The summed E-state index contributed by atoms with van der Waals surface area (Å²) in [6, 6.07) is 0.434. The van der Waals surface area contributed by atoms with E-state index in [4.69, 9.17) is 5.11 Å². The predicted octanol–water partition coefficient (Wildman–Crippen LogP) is 0.419. The molecule has 1 heterocycles. The summed E-state index contributed by atoms with van der Waals surface area (Å²) in [5, 5.41) is 9.01. The predicted molar refractivity (Wildman–Crippen MR) is 72.9 cm³/mol. The fourth-order valence-electron chi connectivity index (χ4n) is 2.49. The molecule has 5 nitrogen and oxygen atoms in total. The van der Waals surface area contributed by atoms with Crippen LogP contribution in [0.4, 0.5) is 0 Å². The van der Waals surface area contributed by atoms with Gasteiger partial charge < -0.3 is 14.9 Å². The topological polar surface area (TPSA) is 47.0 Å². The molecule has 0 bridgehead atoms. The highest BCUT2D eigenvalue weighted by Crippen LogP contribution is 2.16. The maximum Gasteiger partial charge on any atom is 0.317 e. The van der Waals surface area contributed by atoms with Gasteiger partial charge >= 0.3 is 5.97 Å². The lowest BCUT2D eigenvalue weighted by atomic mass is 10.0. The smallest absolute Gasteiger partial charge is 0.317 e. The molecule has 0 aliphatic carbocycles. The number of hydrogen-bond acceptors (Lipinski definition) is 4. The molecular weight excluding hydrogens is 230 g/mol. The second-order valence-electron chi connectivity index (χ2n) is 5.33. The molecule has 18 heavy (non-hydrogen) atoms. The Morgan fingerprint density at radius 3 is 2.33 bits per heavy atom. The first kappa shape index (κ1) is 15.4. The Hall–Kier alpha value is -0.650. The van der Waals surface area contributed by atoms with Gasteiger partial charge in [-0.05, 0) is 46.6 Å². The van der Waals surface area contributed by atoms with Crippen LogP contribution in [0.5, 0.6) is 0 Å². The van der Waals surface area contributed by atoms with Crippen LogP contribution in [-0.4, -0.2) is 85.2 Å². The molecule has 1 N–H and O–H groups in total. The average Bonchev–Trinajstić information content (AvgIpc) is 2.34. The van der Waals surface area contributed by atoms with E-state index in [-0.39, 0.29) is 6.54 Å². The molecular formula is C13H27N3O2. The Balaban J connectivity index is 2.46. The number of hydrogen-bond donors (Lipinski definition) is 1. The third-order valence-electron chi connectivity index (χ3n) is 3.69. The second-order valence-corrected chi connectivity index (χ2v) is 5.33. The van der Waals surface area contributed by atoms with E-state index >= 15 is 0 Å². The minimum atomic E-state index is -0.716. The number of nitrogens with zero attached hydrogens (tertiary/aromatic N) is 3. The van der Waals surface area contributed by atoms with Gasteiger partial charge in [-0.1, -0.05) is 6.92 Å². The minimum absolute atomic E-state index is 0.171. The molecule has 0 aromatic rings. The van der Waals surface area contributed by atoms with Crippen molar-refractivity contribution in [2.45, 2.75) is 25.8 Å². The fraction of sp³-hybridized carbons (Fsp3) is 0.923. The highest BCUT2D eigenvalue weighted by molar-refractivity contribution is 5.69. The van der Waals surface area contributed by atoms with E-state index < -0.39 is 5.97 Å². The van der Waals surface area contributed by atoms with Crippen molar-refractivity contribution in [1.82, 2.24) is 14.7 Å². The summed E-state index contributed by atoms with van der Waals surface area (Å²) in [5.41, 5.74) is 0. The van der Waals surface area contributed by atoms with Crippen LogP contribution in [0.1, 0.15) is 19.8 Å². The van der Waals surface area contributed by atoms with Gasteiger partial charge in [0.25, 0.3) is 0 Å². The number of piperidine rings is 1. The Bertz CT molecular complexity index is 251. The maximum atomic E-state index is 11.0. The van der Waals surface area contributed by atoms with Gasteiger partial charge in [-0.25, -0.2) is 0 Å². The van der Waals surface area contributed by atoms with E-state index in [0.29, 0.717) is 6.04 Å². The third kappa shape index (κ3) is 5.33. The van der Waals surface area contributed by atoms with Crippen LogP contribution >= 0.6 is 0 Å². The molecule has 0 atom stereocenters. The molecule has 0 amide bonds. The fourth-order valence-corrected chi connectivity index (χ4v) is 2.49. The first-order valence-electron chi connectivity index (χ1n) is 6.85. The van der Waals surface area contributed by atoms with Gasteiger partial charge in [-0.2, -0.15) is 0 Å². The molecule has 0 unspecified atom stereocenters. The highest BCUT2D eigenvalue weighted by Gasteiger charge is 2.25. The molecule has 0 radical (unpaired) electrons. The molecule has 0 saturated carbocycles. The van der Waals surface area contributed by atoms with Crippen LogP contribution in [0, 0.1) is 0 Å². The largest absolute Gasteiger partial charge is 0.480 e. The standard InChI is InChI=1S/C13H27N3O2/c1-4-15-7-5-12(6-8-15)16(11-13(17)18)10-9-14(2)3/h12H,4-11H2,1-3H3,(H,17,18). The Kier molecular flexibility index (Phi) is 6.60. The Morgan fingerprint density at radius 1 is 1.28 bits per heavy atom. The monoisotopic (exact) mass is 257 g/mol. The molecule has 1 saturated heterocycles. The van der Waals surface area contributed by atoms with Crippen molar-refractivity contribution in [3.8, 4) is 0 Å². The summed E-state index contributed by atoms with van der Waals surface area (Å²) in [4.78, 5) is 17.6. The zero-order valence-corrected chi connectivity index (χ0v) is 11.9. The summed E-state index contributed by atoms with van der Waals surface area (Å²) in [7, 11) is 4.05. The van der Waals surface area contributed by atoms with Gasteiger partial charge in [0, 0.05) is 19.1 Å². The van der Waals surface area contributed by atoms with E-state index in [0.717, 1.165) is 45.6 Å². The van der Waals surface area contributed by atoms with Crippen molar-refractivity contribution in [3.63, 3.8) is 0 Å². The van der Waals surface area contributed by atoms with Gasteiger partial charge in [-0.15, -0.1) is 0 Å². The van der Waals surface area contributed by atoms with Crippen molar-refractivity contribution < 1.29 is 9.90 Å². The van der Waals surface area contributed by atoms with E-state index in [1.54, 1.807) is 0 Å². The van der Waals surface area contributed by atoms with Crippen LogP contribution in [0.3, 0.4) is 0 Å². The second kappa shape index (κ2) is 7.71. The maximum absolute atomic E-state index is 11.0. The summed E-state index contributed by atoms with van der Waals surface area (Å²) >= 11 is 0. The van der Waals surface area contributed by atoms with Gasteiger partial charge in [0.2, 0.25) is 0 Å². The van der Waals surface area contributed by atoms with E-state index in [1.807, 2.05) is 14.1 Å². The molecule has 0 spiro atoms. The van der Waals surface area contributed by atoms with Crippen LogP contribution in [-0.2, 0) is 4.79 Å². The van der Waals surface area contributed by atoms with Crippen LogP contribution in [0.2, 0.25) is 0 Å². The number of carboxylic acid groups (broad SMARTS) is 1. The van der Waals surface area contributed by atoms with Crippen LogP contribution < -0.4 is 0 Å². The van der Waals surface area contributed by atoms with Gasteiger partial charge in [0.05, 0.1) is 6.54 Å². The zero-order chi connectivity index (χ0) is 13.5. The molecule has 1 aliphatic rings. The normalized spacial score (nSPS) is 18.7. The molecule has 1 rings (SSSR count). The van der Waals surface area contributed by atoms with Gasteiger partial charge in [0.15, 0.2) is 0 Å². The van der Waals surface area contributed by atoms with Crippen molar-refractivity contribution in [2.24, 2.45) is 0 Å². The first-order valence-corrected chi connectivity index (χ1v) is 6.85. The number of carboxylic acids is 1. The Morgan fingerprint density at radius 2 is 1.89 bits per heavy atom. The molecule has 0 aromatic heterocycles. The van der Waals surface area contributed by atoms with Crippen LogP contribution in [0.15, 0.2) is 0 Å². The zero-order valence-electron chi connectivity index (χ0n) is 11.9. The molecule has 106 valence electrons. The van der Waals surface area contributed by atoms with Crippen molar-refractivity contribution in [1.29, 1.82) is 0 Å². The number of rotatable bonds is 7. The molecule has 0 aromatic carbocycles. The SMILES string of the molecule is CCN1CCC(N(CCN(C)C)CC(=O)O)CC1. The number of likely N-dealkylation sites (tertiary alicyclic amines) is 1. The lowest BCUT2D eigenvalue weighted by molar-refractivity contribution is -0.139. The van der Waals surface area contributed by atoms with Crippen molar-refractivity contribution in [3.05, 3.63) is 0 Å². The first-order chi connectivity index (χ1) is 8.52. The summed E-state index contributed by atoms with van der Waals surface area (Å²) in [5.74, 6) is -0.716. The summed E-state index contributed by atoms with van der Waals surface area (Å²) in [6.45, 7) is 7.41. The van der Waals surface area contributed by atoms with Crippen LogP contribution in [0.25, 0.3) is 0 Å². The third-order valence-corrected chi connectivity index (χ3v) is 3.69. The van der Waals surface area contributed by atoms with Crippen molar-refractivity contribution in [2.75, 3.05) is 53.4 Å².